The van der Waals surface area contributed by atoms with Gasteiger partial charge in [0.1, 0.15) is 5.82 Å². The predicted octanol–water partition coefficient (Wildman–Crippen LogP) is 6.65. The summed E-state index contributed by atoms with van der Waals surface area (Å²) >= 11 is 0. The lowest BCUT2D eigenvalue weighted by molar-refractivity contribution is -0.143. The minimum absolute atomic E-state index is 0.0503. The van der Waals surface area contributed by atoms with Crippen molar-refractivity contribution in [3.8, 4) is 5.75 Å². The monoisotopic (exact) mass is 547 g/mol. The van der Waals surface area contributed by atoms with Crippen LogP contribution in [0, 0.1) is 11.2 Å². The molecule has 2 aromatic rings. The molecule has 2 aromatic carbocycles. The van der Waals surface area contributed by atoms with Crippen LogP contribution >= 0.6 is 0 Å². The van der Waals surface area contributed by atoms with Crippen LogP contribution in [0.15, 0.2) is 42.6 Å². The molecule has 1 aliphatic rings. The van der Waals surface area contributed by atoms with Crippen molar-refractivity contribution in [2.75, 3.05) is 25.1 Å². The topological polar surface area (TPSA) is 74.7 Å². The lowest BCUT2D eigenvalue weighted by Gasteiger charge is -2.25. The molecule has 0 aliphatic heterocycles. The Morgan fingerprint density at radius 3 is 2.29 bits per heavy atom. The summed E-state index contributed by atoms with van der Waals surface area (Å²) in [6, 6.07) is 4.53. The van der Waals surface area contributed by atoms with Gasteiger partial charge in [0.25, 0.3) is 0 Å². The number of hydrogen-bond donors (Lipinski definition) is 2. The molecule has 206 valence electrons. The number of amides is 1. The molecule has 0 saturated heterocycles. The van der Waals surface area contributed by atoms with Gasteiger partial charge in [-0.25, -0.2) is 9.18 Å². The Hall–Kier alpha value is -3.61. The number of hydrogen-bond acceptors (Lipinski definition) is 5. The first kappa shape index (κ1) is 29.0. The van der Waals surface area contributed by atoms with E-state index in [2.05, 4.69) is 5.32 Å². The van der Waals surface area contributed by atoms with Gasteiger partial charge in [-0.2, -0.15) is 26.3 Å². The molecule has 1 aliphatic carbocycles. The second-order valence-electron chi connectivity index (χ2n) is 8.42. The molecule has 1 fully saturated rings. The van der Waals surface area contributed by atoms with E-state index in [4.69, 9.17) is 14.9 Å². The van der Waals surface area contributed by atoms with Gasteiger partial charge >= 0.3 is 18.4 Å². The van der Waals surface area contributed by atoms with Crippen LogP contribution in [0.5, 0.6) is 5.75 Å². The number of allylic oxidation sites excluding steroid dienone is 1. The van der Waals surface area contributed by atoms with Crippen LogP contribution in [0.2, 0.25) is 0 Å². The summed E-state index contributed by atoms with van der Waals surface area (Å²) in [6.07, 6.45) is -7.33. The number of nitrogens with zero attached hydrogens (tertiary/aromatic N) is 1. The summed E-state index contributed by atoms with van der Waals surface area (Å²) in [6.45, 7) is 0.397. The van der Waals surface area contributed by atoms with Crippen LogP contribution in [0.1, 0.15) is 36.0 Å². The first-order chi connectivity index (χ1) is 17.8. The quantitative estimate of drug-likeness (QED) is 0.210. The van der Waals surface area contributed by atoms with Crippen molar-refractivity contribution in [2.45, 2.75) is 37.7 Å². The number of ether oxygens (including phenoxy) is 2. The van der Waals surface area contributed by atoms with E-state index in [9.17, 15) is 35.5 Å². The van der Waals surface area contributed by atoms with Gasteiger partial charge in [0.05, 0.1) is 23.8 Å². The summed E-state index contributed by atoms with van der Waals surface area (Å²) in [7, 11) is 1.13. The third-order valence-corrected chi connectivity index (χ3v) is 5.78. The Labute approximate surface area is 213 Å². The SMILES string of the molecule is CN(C(=O)Oc1c(/C(C=N)=C/NCCOC2CCC2)cc(C(F)(F)F)cc1C(F)(F)F)c1ccc(F)cc1. The number of rotatable bonds is 9. The Bertz CT molecular complexity index is 1170. The fourth-order valence-electron chi connectivity index (χ4n) is 3.45. The smallest absolute Gasteiger partial charge is 0.409 e. The van der Waals surface area contributed by atoms with Crippen LogP contribution in [-0.2, 0) is 17.1 Å². The van der Waals surface area contributed by atoms with E-state index in [1.807, 2.05) is 0 Å². The standard InChI is InChI=1S/C25H24F7N3O3/c1-35(18-7-5-17(26)6-8-18)23(36)38-22-20(11-16(24(27,28)29)12-21(22)25(30,31)32)15(13-33)14-34-9-10-37-19-3-2-4-19/h5-8,11-14,19,33-34H,2-4,9-10H2,1H3/b15-14+,33-13?. The van der Waals surface area contributed by atoms with E-state index in [0.29, 0.717) is 12.3 Å². The maximum Gasteiger partial charge on any atom is 0.420 e. The predicted molar refractivity (Wildman–Crippen MR) is 126 cm³/mol. The van der Waals surface area contributed by atoms with Crippen LogP contribution in [0.3, 0.4) is 0 Å². The van der Waals surface area contributed by atoms with E-state index in [-0.39, 0.29) is 31.0 Å². The van der Waals surface area contributed by atoms with Crippen molar-refractivity contribution in [3.63, 3.8) is 0 Å². The minimum Gasteiger partial charge on any atom is -0.409 e. The van der Waals surface area contributed by atoms with Gasteiger partial charge in [0.15, 0.2) is 5.75 Å². The number of halogens is 7. The van der Waals surface area contributed by atoms with E-state index in [1.165, 1.54) is 0 Å². The third-order valence-electron chi connectivity index (χ3n) is 5.78. The van der Waals surface area contributed by atoms with Gasteiger partial charge in [-0.05, 0) is 55.7 Å². The maximum atomic E-state index is 13.9. The van der Waals surface area contributed by atoms with Crippen molar-refractivity contribution in [2.24, 2.45) is 0 Å². The van der Waals surface area contributed by atoms with Gasteiger partial charge in [-0.1, -0.05) is 0 Å². The van der Waals surface area contributed by atoms with E-state index >= 15 is 0 Å². The molecule has 1 amide bonds. The lowest BCUT2D eigenvalue weighted by Crippen LogP contribution is -2.30. The molecule has 0 bridgehead atoms. The van der Waals surface area contributed by atoms with Crippen LogP contribution < -0.4 is 15.0 Å². The highest BCUT2D eigenvalue weighted by Crippen LogP contribution is 2.44. The second kappa shape index (κ2) is 11.8. The summed E-state index contributed by atoms with van der Waals surface area (Å²) in [5, 5.41) is 10.3. The summed E-state index contributed by atoms with van der Waals surface area (Å²) in [4.78, 5) is 13.5. The number of nitrogens with one attached hydrogen (secondary N) is 2. The Balaban J connectivity index is 2.00. The summed E-state index contributed by atoms with van der Waals surface area (Å²) in [5.74, 6) is -1.85. The van der Waals surface area contributed by atoms with Gasteiger partial charge in [0.2, 0.25) is 0 Å². The number of anilines is 1. The molecule has 0 aromatic heterocycles. The van der Waals surface area contributed by atoms with Gasteiger partial charge in [-0.15, -0.1) is 0 Å². The maximum absolute atomic E-state index is 13.9. The van der Waals surface area contributed by atoms with Gasteiger partial charge < -0.3 is 20.2 Å². The largest absolute Gasteiger partial charge is 0.420 e. The molecular formula is C25H24F7N3O3. The fraction of sp³-hybridized carbons (Fsp3) is 0.360. The van der Waals surface area contributed by atoms with Crippen molar-refractivity contribution in [1.29, 1.82) is 5.41 Å². The Kier molecular flexibility index (Phi) is 9.02. The molecule has 3 rings (SSSR count). The first-order valence-corrected chi connectivity index (χ1v) is 11.4. The summed E-state index contributed by atoms with van der Waals surface area (Å²) < 4.78 is 106. The minimum atomic E-state index is -5.35. The first-order valence-electron chi connectivity index (χ1n) is 11.4. The molecule has 38 heavy (non-hydrogen) atoms. The molecular weight excluding hydrogens is 523 g/mol. The average molecular weight is 547 g/mol. The van der Waals surface area contributed by atoms with Crippen molar-refractivity contribution in [3.05, 3.63) is 65.1 Å². The van der Waals surface area contributed by atoms with Crippen LogP contribution in [0.4, 0.5) is 41.2 Å². The fourth-order valence-corrected chi connectivity index (χ4v) is 3.45. The zero-order valence-electron chi connectivity index (χ0n) is 20.0. The highest BCUT2D eigenvalue weighted by molar-refractivity contribution is 6.10. The Morgan fingerprint density at radius 2 is 1.76 bits per heavy atom. The lowest BCUT2D eigenvalue weighted by atomic mass is 9.96. The third kappa shape index (κ3) is 7.24. The zero-order valence-corrected chi connectivity index (χ0v) is 20.0. The van der Waals surface area contributed by atoms with E-state index in [1.54, 1.807) is 0 Å². The van der Waals surface area contributed by atoms with Crippen molar-refractivity contribution in [1.82, 2.24) is 5.32 Å². The molecule has 1 saturated carbocycles. The molecule has 6 nitrogen and oxygen atoms in total. The molecule has 0 atom stereocenters. The van der Waals surface area contributed by atoms with Crippen molar-refractivity contribution >= 4 is 23.6 Å². The van der Waals surface area contributed by atoms with Crippen molar-refractivity contribution < 1.29 is 45.0 Å². The van der Waals surface area contributed by atoms with Crippen LogP contribution in [0.25, 0.3) is 5.57 Å². The number of benzene rings is 2. The average Bonchev–Trinajstić information content (AvgIpc) is 2.81. The normalized spacial score (nSPS) is 14.6. The number of carbonyl (C=O) groups excluding carboxylic acids is 1. The highest BCUT2D eigenvalue weighted by Gasteiger charge is 2.41. The number of carbonyl (C=O) groups is 1. The second-order valence-corrected chi connectivity index (χ2v) is 8.42. The zero-order chi connectivity index (χ0) is 28.1. The van der Waals surface area contributed by atoms with E-state index in [0.717, 1.165) is 61.7 Å². The molecule has 13 heteroatoms. The number of alkyl halides is 6. The highest BCUT2D eigenvalue weighted by atomic mass is 19.4. The molecule has 0 spiro atoms. The van der Waals surface area contributed by atoms with Gasteiger partial charge in [0, 0.05) is 42.8 Å². The van der Waals surface area contributed by atoms with Gasteiger partial charge in [-0.3, -0.25) is 4.90 Å². The molecule has 0 radical (unpaired) electrons. The van der Waals surface area contributed by atoms with Crippen LogP contribution in [-0.4, -0.2) is 38.6 Å². The molecule has 0 unspecified atom stereocenters. The Morgan fingerprint density at radius 1 is 1.11 bits per heavy atom. The summed E-state index contributed by atoms with van der Waals surface area (Å²) in [5.41, 5.74) is -4.64. The molecule has 0 heterocycles. The van der Waals surface area contributed by atoms with E-state index < -0.39 is 52.3 Å². The molecule has 2 N–H and O–H groups in total.